The summed E-state index contributed by atoms with van der Waals surface area (Å²) in [6, 6.07) is 1.97. The first-order valence-corrected chi connectivity index (χ1v) is 7.11. The predicted molar refractivity (Wildman–Crippen MR) is 79.2 cm³/mol. The zero-order valence-corrected chi connectivity index (χ0v) is 12.1. The number of carbonyl (C=O) groups is 1. The van der Waals surface area contributed by atoms with Gasteiger partial charge in [0.2, 0.25) is 0 Å². The lowest BCUT2D eigenvalue weighted by Gasteiger charge is -2.05. The zero-order valence-electron chi connectivity index (χ0n) is 11.3. The Morgan fingerprint density at radius 2 is 2.20 bits per heavy atom. The molecule has 0 aliphatic rings. The third-order valence-corrected chi connectivity index (χ3v) is 3.85. The van der Waals surface area contributed by atoms with E-state index in [1.54, 1.807) is 27.6 Å². The van der Waals surface area contributed by atoms with Gasteiger partial charge in [0.25, 0.3) is 0 Å². The molecule has 0 radical (unpaired) electrons. The van der Waals surface area contributed by atoms with Crippen molar-refractivity contribution < 1.29 is 9.90 Å². The molecule has 2 heterocycles. The van der Waals surface area contributed by atoms with Crippen LogP contribution in [0.5, 0.6) is 0 Å². The van der Waals surface area contributed by atoms with E-state index >= 15 is 0 Å². The van der Waals surface area contributed by atoms with Crippen LogP contribution in [0.15, 0.2) is 34.7 Å². The number of imidazole rings is 1. The van der Waals surface area contributed by atoms with Crippen LogP contribution in [0.3, 0.4) is 0 Å². The highest BCUT2D eigenvalue weighted by Crippen LogP contribution is 2.19. The lowest BCUT2D eigenvalue weighted by molar-refractivity contribution is -0.131. The van der Waals surface area contributed by atoms with Gasteiger partial charge in [0, 0.05) is 29.4 Å². The van der Waals surface area contributed by atoms with Gasteiger partial charge in [-0.15, -0.1) is 11.3 Å². The summed E-state index contributed by atoms with van der Waals surface area (Å²) in [7, 11) is 0. The number of aliphatic carboxylic acids is 1. The molecule has 0 amide bonds. The molecule has 2 aromatic rings. The quantitative estimate of drug-likeness (QED) is 0.861. The summed E-state index contributed by atoms with van der Waals surface area (Å²) >= 11 is 1.51. The molecule has 2 aromatic heterocycles. The Morgan fingerprint density at radius 1 is 1.45 bits per heavy atom. The molecule has 6 heteroatoms. The van der Waals surface area contributed by atoms with Gasteiger partial charge in [-0.05, 0) is 36.9 Å². The number of carboxylic acids is 1. The van der Waals surface area contributed by atoms with E-state index in [0.717, 1.165) is 16.5 Å². The molecule has 0 unspecified atom stereocenters. The Bertz CT molecular complexity index is 691. The molecule has 0 saturated heterocycles. The molecular weight excluding hydrogens is 276 g/mol. The number of rotatable bonds is 5. The van der Waals surface area contributed by atoms with Crippen molar-refractivity contribution in [3.05, 3.63) is 50.8 Å². The predicted octanol–water partition coefficient (Wildman–Crippen LogP) is 2.44. The number of hydrogen-bond donors (Lipinski definition) is 1. The van der Waals surface area contributed by atoms with E-state index in [4.69, 9.17) is 5.11 Å². The summed E-state index contributed by atoms with van der Waals surface area (Å²) in [6.07, 6.45) is 6.19. The summed E-state index contributed by atoms with van der Waals surface area (Å²) < 4.78 is 3.30. The van der Waals surface area contributed by atoms with Crippen LogP contribution in [0.2, 0.25) is 0 Å². The Kier molecular flexibility index (Phi) is 4.24. The summed E-state index contributed by atoms with van der Waals surface area (Å²) in [5.41, 5.74) is 0.781. The van der Waals surface area contributed by atoms with E-state index in [0.29, 0.717) is 6.54 Å². The molecule has 0 fully saturated rings. The van der Waals surface area contributed by atoms with Crippen LogP contribution in [0.1, 0.15) is 30.3 Å². The number of nitrogens with zero attached hydrogens (tertiary/aromatic N) is 2. The molecule has 0 atom stereocenters. The average molecular weight is 292 g/mol. The molecule has 0 saturated carbocycles. The van der Waals surface area contributed by atoms with Crippen molar-refractivity contribution in [1.29, 1.82) is 0 Å². The SMILES string of the molecule is CC(C)n1ccn(Cc2sccc2/C=C/C(=O)O)c1=O. The second kappa shape index (κ2) is 5.92. The maximum absolute atomic E-state index is 12.1. The highest BCUT2D eigenvalue weighted by atomic mass is 32.1. The van der Waals surface area contributed by atoms with Crippen molar-refractivity contribution in [3.63, 3.8) is 0 Å². The van der Waals surface area contributed by atoms with Gasteiger partial charge in [-0.25, -0.2) is 9.59 Å². The van der Waals surface area contributed by atoms with Crippen LogP contribution < -0.4 is 5.69 Å². The standard InChI is InChI=1S/C14H16N2O3S/c1-10(2)16-7-6-15(14(16)19)9-12-11(5-8-20-12)3-4-13(17)18/h3-8,10H,9H2,1-2H3,(H,17,18)/b4-3+. The highest BCUT2D eigenvalue weighted by Gasteiger charge is 2.09. The van der Waals surface area contributed by atoms with Crippen molar-refractivity contribution in [1.82, 2.24) is 9.13 Å². The molecule has 106 valence electrons. The van der Waals surface area contributed by atoms with Crippen molar-refractivity contribution >= 4 is 23.4 Å². The Labute approximate surface area is 120 Å². The van der Waals surface area contributed by atoms with Crippen molar-refractivity contribution in [2.45, 2.75) is 26.4 Å². The van der Waals surface area contributed by atoms with Crippen LogP contribution >= 0.6 is 11.3 Å². The fraction of sp³-hybridized carbons (Fsp3) is 0.286. The third-order valence-electron chi connectivity index (χ3n) is 2.93. The summed E-state index contributed by atoms with van der Waals surface area (Å²) in [4.78, 5) is 23.7. The molecule has 0 aliphatic carbocycles. The van der Waals surface area contributed by atoms with E-state index in [1.165, 1.54) is 11.3 Å². The van der Waals surface area contributed by atoms with Crippen LogP contribution in [-0.2, 0) is 11.3 Å². The van der Waals surface area contributed by atoms with Crippen molar-refractivity contribution in [3.8, 4) is 0 Å². The molecule has 0 aromatic carbocycles. The number of hydrogen-bond acceptors (Lipinski definition) is 3. The molecule has 0 spiro atoms. The van der Waals surface area contributed by atoms with Gasteiger partial charge in [0.1, 0.15) is 0 Å². The summed E-state index contributed by atoms with van der Waals surface area (Å²) in [5.74, 6) is -0.981. The lowest BCUT2D eigenvalue weighted by Crippen LogP contribution is -2.25. The molecule has 1 N–H and O–H groups in total. The smallest absolute Gasteiger partial charge is 0.328 e. The van der Waals surface area contributed by atoms with E-state index in [2.05, 4.69) is 0 Å². The molecular formula is C14H16N2O3S. The number of aromatic nitrogens is 2. The summed E-state index contributed by atoms with van der Waals surface area (Å²) in [6.45, 7) is 4.37. The number of carboxylic acid groups (broad SMARTS) is 1. The van der Waals surface area contributed by atoms with E-state index in [-0.39, 0.29) is 11.7 Å². The first-order valence-electron chi connectivity index (χ1n) is 6.23. The van der Waals surface area contributed by atoms with Crippen LogP contribution in [0.25, 0.3) is 6.08 Å². The first kappa shape index (κ1) is 14.3. The number of thiophene rings is 1. The second-order valence-corrected chi connectivity index (χ2v) is 5.68. The molecule has 2 rings (SSSR count). The first-order chi connectivity index (χ1) is 9.49. The normalized spacial score (nSPS) is 11.6. The fourth-order valence-corrected chi connectivity index (χ4v) is 2.75. The minimum Gasteiger partial charge on any atom is -0.478 e. The van der Waals surface area contributed by atoms with Gasteiger partial charge >= 0.3 is 11.7 Å². The van der Waals surface area contributed by atoms with Gasteiger partial charge in [-0.3, -0.25) is 9.13 Å². The molecule has 0 aliphatic heterocycles. The minimum absolute atomic E-state index is 0.0541. The Balaban J connectivity index is 2.25. The van der Waals surface area contributed by atoms with E-state index in [1.807, 2.05) is 25.3 Å². The highest BCUT2D eigenvalue weighted by molar-refractivity contribution is 7.10. The van der Waals surface area contributed by atoms with Crippen LogP contribution in [0.4, 0.5) is 0 Å². The van der Waals surface area contributed by atoms with Gasteiger partial charge in [0.15, 0.2) is 0 Å². The largest absolute Gasteiger partial charge is 0.478 e. The van der Waals surface area contributed by atoms with Gasteiger partial charge in [0.05, 0.1) is 6.54 Å². The Hall–Kier alpha value is -2.08. The van der Waals surface area contributed by atoms with Crippen LogP contribution in [-0.4, -0.2) is 20.2 Å². The monoisotopic (exact) mass is 292 g/mol. The fourth-order valence-electron chi connectivity index (χ4n) is 1.88. The lowest BCUT2D eigenvalue weighted by atomic mass is 10.2. The van der Waals surface area contributed by atoms with Crippen molar-refractivity contribution in [2.75, 3.05) is 0 Å². The minimum atomic E-state index is -0.981. The van der Waals surface area contributed by atoms with E-state index in [9.17, 15) is 9.59 Å². The average Bonchev–Trinajstić information content (AvgIpc) is 2.95. The van der Waals surface area contributed by atoms with Gasteiger partial charge < -0.3 is 5.11 Å². The van der Waals surface area contributed by atoms with Gasteiger partial charge in [-0.1, -0.05) is 0 Å². The zero-order chi connectivity index (χ0) is 14.7. The summed E-state index contributed by atoms with van der Waals surface area (Å²) in [5, 5.41) is 10.5. The maximum Gasteiger partial charge on any atom is 0.328 e. The van der Waals surface area contributed by atoms with Gasteiger partial charge in [-0.2, -0.15) is 0 Å². The third kappa shape index (κ3) is 3.08. The molecule has 5 nitrogen and oxygen atoms in total. The Morgan fingerprint density at radius 3 is 2.80 bits per heavy atom. The van der Waals surface area contributed by atoms with Crippen molar-refractivity contribution in [2.24, 2.45) is 0 Å². The second-order valence-electron chi connectivity index (χ2n) is 4.68. The maximum atomic E-state index is 12.1. The van der Waals surface area contributed by atoms with Crippen LogP contribution in [0, 0.1) is 0 Å². The molecule has 0 bridgehead atoms. The van der Waals surface area contributed by atoms with E-state index < -0.39 is 5.97 Å². The molecule has 20 heavy (non-hydrogen) atoms. The topological polar surface area (TPSA) is 64.2 Å².